The van der Waals surface area contributed by atoms with E-state index in [2.05, 4.69) is 5.32 Å². The lowest BCUT2D eigenvalue weighted by molar-refractivity contribution is -0.133. The molecule has 21 heavy (non-hydrogen) atoms. The second kappa shape index (κ2) is 7.22. The number of nitrogens with one attached hydrogen (secondary N) is 1. The molecule has 0 saturated heterocycles. The van der Waals surface area contributed by atoms with Crippen LogP contribution in [-0.2, 0) is 16.0 Å². The van der Waals surface area contributed by atoms with Crippen LogP contribution < -0.4 is 5.32 Å². The Labute approximate surface area is 126 Å². The summed E-state index contributed by atoms with van der Waals surface area (Å²) >= 11 is 0. The Hall–Kier alpha value is -1.88. The van der Waals surface area contributed by atoms with Crippen LogP contribution >= 0.6 is 0 Å². The van der Waals surface area contributed by atoms with Crippen molar-refractivity contribution in [1.82, 2.24) is 4.90 Å². The minimum absolute atomic E-state index is 0.0214. The van der Waals surface area contributed by atoms with E-state index in [-0.39, 0.29) is 18.2 Å². The smallest absolute Gasteiger partial charge is 0.227 e. The highest BCUT2D eigenvalue weighted by molar-refractivity contribution is 5.88. The first-order chi connectivity index (χ1) is 9.71. The maximum atomic E-state index is 12.2. The molecule has 0 spiro atoms. The molecule has 0 aromatic heterocycles. The van der Waals surface area contributed by atoms with Gasteiger partial charge < -0.3 is 15.3 Å². The molecule has 0 heterocycles. The fraction of sp³-hybridized carbons (Fsp3) is 0.500. The second-order valence-electron chi connectivity index (χ2n) is 5.78. The molecule has 1 aromatic carbocycles. The third kappa shape index (κ3) is 6.40. The number of carbonyl (C=O) groups excluding carboxylic acids is 2. The zero-order valence-electron chi connectivity index (χ0n) is 13.1. The van der Waals surface area contributed by atoms with E-state index in [1.807, 2.05) is 19.1 Å². The van der Waals surface area contributed by atoms with Crippen LogP contribution in [0, 0.1) is 0 Å². The van der Waals surface area contributed by atoms with Crippen molar-refractivity contribution < 1.29 is 14.7 Å². The number of carbonyl (C=O) groups is 2. The molecular weight excluding hydrogens is 268 g/mol. The number of nitrogens with zero attached hydrogens (tertiary/aromatic N) is 1. The quantitative estimate of drug-likeness (QED) is 0.840. The van der Waals surface area contributed by atoms with Crippen molar-refractivity contribution in [3.8, 4) is 0 Å². The van der Waals surface area contributed by atoms with Gasteiger partial charge >= 0.3 is 0 Å². The van der Waals surface area contributed by atoms with Crippen LogP contribution in [0.5, 0.6) is 0 Å². The summed E-state index contributed by atoms with van der Waals surface area (Å²) in [5.74, 6) is -0.145. The molecule has 2 N–H and O–H groups in total. The van der Waals surface area contributed by atoms with E-state index in [9.17, 15) is 14.7 Å². The van der Waals surface area contributed by atoms with E-state index in [4.69, 9.17) is 0 Å². The molecule has 0 unspecified atom stereocenters. The Morgan fingerprint density at radius 1 is 1.24 bits per heavy atom. The molecule has 5 nitrogen and oxygen atoms in total. The Bertz CT molecular complexity index is 489. The minimum Gasteiger partial charge on any atom is -0.389 e. The molecule has 0 radical (unpaired) electrons. The SMILES string of the molecule is CCN(CC(C)(C)O)C(=O)Cc1ccc(NC(C)=O)cc1. The van der Waals surface area contributed by atoms with Gasteiger partial charge in [-0.1, -0.05) is 12.1 Å². The normalized spacial score (nSPS) is 11.1. The van der Waals surface area contributed by atoms with Crippen molar-refractivity contribution in [3.05, 3.63) is 29.8 Å². The number of aliphatic hydroxyl groups is 1. The van der Waals surface area contributed by atoms with E-state index < -0.39 is 5.60 Å². The summed E-state index contributed by atoms with van der Waals surface area (Å²) in [4.78, 5) is 24.8. The number of anilines is 1. The van der Waals surface area contributed by atoms with Gasteiger partial charge in [-0.05, 0) is 38.5 Å². The van der Waals surface area contributed by atoms with E-state index >= 15 is 0 Å². The van der Waals surface area contributed by atoms with Crippen molar-refractivity contribution >= 4 is 17.5 Å². The van der Waals surface area contributed by atoms with Gasteiger partial charge in [0.25, 0.3) is 0 Å². The third-order valence-electron chi connectivity index (χ3n) is 2.94. The highest BCUT2D eigenvalue weighted by Gasteiger charge is 2.21. The summed E-state index contributed by atoms with van der Waals surface area (Å²) in [6.07, 6.45) is 0.282. The maximum Gasteiger partial charge on any atom is 0.227 e. The van der Waals surface area contributed by atoms with E-state index in [0.29, 0.717) is 18.8 Å². The second-order valence-corrected chi connectivity index (χ2v) is 5.78. The fourth-order valence-electron chi connectivity index (χ4n) is 2.04. The number of amides is 2. The van der Waals surface area contributed by atoms with E-state index in [0.717, 1.165) is 5.56 Å². The molecule has 0 bridgehead atoms. The largest absolute Gasteiger partial charge is 0.389 e. The summed E-state index contributed by atoms with van der Waals surface area (Å²) in [7, 11) is 0. The van der Waals surface area contributed by atoms with Gasteiger partial charge in [-0.2, -0.15) is 0 Å². The Balaban J connectivity index is 2.66. The van der Waals surface area contributed by atoms with Crippen LogP contribution in [0.25, 0.3) is 0 Å². The zero-order chi connectivity index (χ0) is 16.0. The maximum absolute atomic E-state index is 12.2. The summed E-state index contributed by atoms with van der Waals surface area (Å²) in [6.45, 7) is 7.59. The van der Waals surface area contributed by atoms with Crippen molar-refractivity contribution in [2.75, 3.05) is 18.4 Å². The molecule has 0 fully saturated rings. The van der Waals surface area contributed by atoms with Crippen LogP contribution in [0.2, 0.25) is 0 Å². The lowest BCUT2D eigenvalue weighted by atomic mass is 10.1. The molecule has 0 saturated carbocycles. The van der Waals surface area contributed by atoms with Crippen molar-refractivity contribution in [1.29, 1.82) is 0 Å². The first-order valence-corrected chi connectivity index (χ1v) is 7.08. The number of benzene rings is 1. The van der Waals surface area contributed by atoms with Gasteiger partial charge in [0.15, 0.2) is 0 Å². The first kappa shape index (κ1) is 17.2. The van der Waals surface area contributed by atoms with Crippen molar-refractivity contribution in [2.24, 2.45) is 0 Å². The van der Waals surface area contributed by atoms with Crippen molar-refractivity contribution in [2.45, 2.75) is 39.7 Å². The van der Waals surface area contributed by atoms with Gasteiger partial charge in [-0.25, -0.2) is 0 Å². The molecule has 0 aliphatic rings. The van der Waals surface area contributed by atoms with Gasteiger partial charge in [0, 0.05) is 25.7 Å². The average molecular weight is 292 g/mol. The molecule has 116 valence electrons. The summed E-state index contributed by atoms with van der Waals surface area (Å²) < 4.78 is 0. The fourth-order valence-corrected chi connectivity index (χ4v) is 2.04. The van der Waals surface area contributed by atoms with Crippen LogP contribution in [0.1, 0.15) is 33.3 Å². The minimum atomic E-state index is -0.902. The summed E-state index contributed by atoms with van der Waals surface area (Å²) in [6, 6.07) is 7.19. The molecule has 1 aromatic rings. The van der Waals surface area contributed by atoms with Crippen LogP contribution in [0.3, 0.4) is 0 Å². The molecule has 5 heteroatoms. The Morgan fingerprint density at radius 2 is 1.81 bits per heavy atom. The number of rotatable bonds is 6. The summed E-state index contributed by atoms with van der Waals surface area (Å²) in [5.41, 5.74) is 0.687. The topological polar surface area (TPSA) is 69.6 Å². The third-order valence-corrected chi connectivity index (χ3v) is 2.94. The standard InChI is InChI=1S/C16H24N2O3/c1-5-18(11-16(3,4)21)15(20)10-13-6-8-14(9-7-13)17-12(2)19/h6-9,21H,5,10-11H2,1-4H3,(H,17,19). The lowest BCUT2D eigenvalue weighted by Crippen LogP contribution is -2.42. The van der Waals surface area contributed by atoms with Crippen LogP contribution in [-0.4, -0.2) is 40.5 Å². The predicted octanol–water partition coefficient (Wildman–Crippen LogP) is 1.81. The van der Waals surface area contributed by atoms with E-state index in [1.165, 1.54) is 6.92 Å². The molecule has 2 amide bonds. The van der Waals surface area contributed by atoms with Crippen LogP contribution in [0.15, 0.2) is 24.3 Å². The molecule has 1 rings (SSSR count). The molecule has 0 aliphatic heterocycles. The average Bonchev–Trinajstić information content (AvgIpc) is 2.36. The first-order valence-electron chi connectivity index (χ1n) is 7.08. The van der Waals surface area contributed by atoms with Crippen molar-refractivity contribution in [3.63, 3.8) is 0 Å². The predicted molar refractivity (Wildman–Crippen MR) is 83.0 cm³/mol. The monoisotopic (exact) mass is 292 g/mol. The molecular formula is C16H24N2O3. The Kier molecular flexibility index (Phi) is 5.90. The van der Waals surface area contributed by atoms with E-state index in [1.54, 1.807) is 30.9 Å². The number of hydrogen-bond acceptors (Lipinski definition) is 3. The van der Waals surface area contributed by atoms with Crippen LogP contribution in [0.4, 0.5) is 5.69 Å². The van der Waals surface area contributed by atoms with Gasteiger partial charge in [0.05, 0.1) is 12.0 Å². The van der Waals surface area contributed by atoms with Gasteiger partial charge in [-0.15, -0.1) is 0 Å². The number of likely N-dealkylation sites (N-methyl/N-ethyl adjacent to an activating group) is 1. The molecule has 0 atom stereocenters. The summed E-state index contributed by atoms with van der Waals surface area (Å²) in [5, 5.41) is 12.5. The highest BCUT2D eigenvalue weighted by Crippen LogP contribution is 2.12. The Morgan fingerprint density at radius 3 is 2.24 bits per heavy atom. The number of hydrogen-bond donors (Lipinski definition) is 2. The van der Waals surface area contributed by atoms with Gasteiger partial charge in [0.2, 0.25) is 11.8 Å². The zero-order valence-corrected chi connectivity index (χ0v) is 13.1. The lowest BCUT2D eigenvalue weighted by Gasteiger charge is -2.28. The van der Waals surface area contributed by atoms with Gasteiger partial charge in [0.1, 0.15) is 0 Å². The highest BCUT2D eigenvalue weighted by atomic mass is 16.3. The van der Waals surface area contributed by atoms with Gasteiger partial charge in [-0.3, -0.25) is 9.59 Å². The molecule has 0 aliphatic carbocycles.